The molecule has 0 atom stereocenters. The molecule has 0 heterocycles. The van der Waals surface area contributed by atoms with Crippen LogP contribution in [0.3, 0.4) is 0 Å². The molecule has 0 saturated heterocycles. The van der Waals surface area contributed by atoms with E-state index in [9.17, 15) is 0 Å². The third-order valence-corrected chi connectivity index (χ3v) is 3.20. The lowest BCUT2D eigenvalue weighted by Crippen LogP contribution is -3.05. The Balaban J connectivity index is 2.19. The Morgan fingerprint density at radius 3 is 2.57 bits per heavy atom. The van der Waals surface area contributed by atoms with Gasteiger partial charge in [0.1, 0.15) is 0 Å². The molecule has 0 aliphatic rings. The van der Waals surface area contributed by atoms with Gasteiger partial charge in [0.05, 0.1) is 20.6 Å². The van der Waals surface area contributed by atoms with Crippen molar-refractivity contribution in [3.63, 3.8) is 0 Å². The standard InChI is InChI=1S/C13H20ClN5S2/c1-19(2)8-4-7-15-12(20)17-18-13(21)16-11-6-3-5-10(14)9-11/h3,5-6,9H,4,7-8H2,1-2H3,(H2,15,17,20)(H2,16,18,21)/p+1. The summed E-state index contributed by atoms with van der Waals surface area (Å²) in [5.74, 6) is 0. The van der Waals surface area contributed by atoms with Gasteiger partial charge in [0.15, 0.2) is 10.2 Å². The molecule has 0 aromatic heterocycles. The number of hydrogen-bond acceptors (Lipinski definition) is 2. The number of benzene rings is 1. The van der Waals surface area contributed by atoms with Crippen molar-refractivity contribution >= 4 is 51.9 Å². The number of hydrogen-bond donors (Lipinski definition) is 5. The highest BCUT2D eigenvalue weighted by Crippen LogP contribution is 2.14. The summed E-state index contributed by atoms with van der Waals surface area (Å²) in [6, 6.07) is 7.31. The second-order valence-corrected chi connectivity index (χ2v) is 6.03. The van der Waals surface area contributed by atoms with Crippen LogP contribution >= 0.6 is 36.0 Å². The van der Waals surface area contributed by atoms with Crippen molar-refractivity contribution < 1.29 is 4.90 Å². The number of rotatable bonds is 5. The summed E-state index contributed by atoms with van der Waals surface area (Å²) in [6.07, 6.45) is 1.05. The van der Waals surface area contributed by atoms with E-state index in [2.05, 4.69) is 35.6 Å². The van der Waals surface area contributed by atoms with Gasteiger partial charge in [-0.2, -0.15) is 0 Å². The first-order chi connectivity index (χ1) is 9.97. The average molecular weight is 347 g/mol. The molecule has 0 spiro atoms. The fourth-order valence-corrected chi connectivity index (χ4v) is 2.04. The van der Waals surface area contributed by atoms with Crippen LogP contribution in [-0.2, 0) is 0 Å². The summed E-state index contributed by atoms with van der Waals surface area (Å²) in [7, 11) is 4.25. The molecule has 0 unspecified atom stereocenters. The quantitative estimate of drug-likeness (QED) is 0.305. The van der Waals surface area contributed by atoms with Crippen LogP contribution in [0.4, 0.5) is 5.69 Å². The Morgan fingerprint density at radius 2 is 1.90 bits per heavy atom. The zero-order valence-electron chi connectivity index (χ0n) is 12.1. The molecule has 0 aliphatic heterocycles. The first kappa shape index (κ1) is 17.9. The van der Waals surface area contributed by atoms with E-state index in [1.807, 2.05) is 12.1 Å². The molecule has 0 bridgehead atoms. The SMILES string of the molecule is C[NH+](C)CCCNC(=S)NNC(=S)Nc1cccc(Cl)c1. The smallest absolute Gasteiger partial charge is 0.189 e. The average Bonchev–Trinajstić information content (AvgIpc) is 2.41. The molecular formula is C13H21ClN5S2+. The maximum absolute atomic E-state index is 5.90. The molecule has 21 heavy (non-hydrogen) atoms. The third kappa shape index (κ3) is 8.67. The molecule has 0 amide bonds. The van der Waals surface area contributed by atoms with Crippen molar-refractivity contribution in [2.45, 2.75) is 6.42 Å². The molecule has 0 fully saturated rings. The minimum Gasteiger partial charge on any atom is -0.361 e. The fraction of sp³-hybridized carbons (Fsp3) is 0.385. The lowest BCUT2D eigenvalue weighted by Gasteiger charge is -2.14. The van der Waals surface area contributed by atoms with Gasteiger partial charge in [-0.15, -0.1) is 0 Å². The van der Waals surface area contributed by atoms with Crippen LogP contribution in [0.1, 0.15) is 6.42 Å². The van der Waals surface area contributed by atoms with E-state index in [4.69, 9.17) is 36.0 Å². The highest BCUT2D eigenvalue weighted by molar-refractivity contribution is 7.80. The lowest BCUT2D eigenvalue weighted by atomic mass is 10.3. The zero-order chi connectivity index (χ0) is 15.7. The molecule has 0 saturated carbocycles. The summed E-state index contributed by atoms with van der Waals surface area (Å²) in [5.41, 5.74) is 6.47. The Morgan fingerprint density at radius 1 is 1.19 bits per heavy atom. The molecule has 1 aromatic rings. The number of anilines is 1. The fourth-order valence-electron chi connectivity index (χ4n) is 1.53. The van der Waals surface area contributed by atoms with Crippen molar-refractivity contribution in [3.8, 4) is 0 Å². The van der Waals surface area contributed by atoms with Gasteiger partial charge in [0, 0.05) is 23.7 Å². The molecule has 0 radical (unpaired) electrons. The second-order valence-electron chi connectivity index (χ2n) is 4.78. The highest BCUT2D eigenvalue weighted by atomic mass is 35.5. The molecule has 8 heteroatoms. The first-order valence-electron chi connectivity index (χ1n) is 6.63. The minimum atomic E-state index is 0.416. The topological polar surface area (TPSA) is 52.6 Å². The van der Waals surface area contributed by atoms with E-state index in [0.29, 0.717) is 15.2 Å². The zero-order valence-corrected chi connectivity index (χ0v) is 14.5. The van der Waals surface area contributed by atoms with Crippen molar-refractivity contribution in [2.75, 3.05) is 32.5 Å². The van der Waals surface area contributed by atoms with Crippen LogP contribution in [0.2, 0.25) is 5.02 Å². The monoisotopic (exact) mass is 346 g/mol. The van der Waals surface area contributed by atoms with Gasteiger partial charge in [-0.1, -0.05) is 17.7 Å². The van der Waals surface area contributed by atoms with Crippen LogP contribution in [0.5, 0.6) is 0 Å². The molecule has 116 valence electrons. The summed E-state index contributed by atoms with van der Waals surface area (Å²) >= 11 is 16.2. The summed E-state index contributed by atoms with van der Waals surface area (Å²) in [4.78, 5) is 1.42. The van der Waals surface area contributed by atoms with Crippen molar-refractivity contribution in [1.82, 2.24) is 16.2 Å². The Bertz CT molecular complexity index is 481. The van der Waals surface area contributed by atoms with Gasteiger partial charge >= 0.3 is 0 Å². The summed E-state index contributed by atoms with van der Waals surface area (Å²) in [6.45, 7) is 1.92. The predicted octanol–water partition coefficient (Wildman–Crippen LogP) is 0.540. The Hall–Kier alpha value is -1.15. The Kier molecular flexibility index (Phi) is 8.29. The van der Waals surface area contributed by atoms with Crippen LogP contribution in [0.25, 0.3) is 0 Å². The summed E-state index contributed by atoms with van der Waals surface area (Å²) < 4.78 is 0. The van der Waals surface area contributed by atoms with E-state index in [1.165, 1.54) is 4.90 Å². The van der Waals surface area contributed by atoms with Gasteiger partial charge in [-0.05, 0) is 42.6 Å². The highest BCUT2D eigenvalue weighted by Gasteiger charge is 2.00. The van der Waals surface area contributed by atoms with E-state index < -0.39 is 0 Å². The van der Waals surface area contributed by atoms with E-state index >= 15 is 0 Å². The maximum atomic E-state index is 5.90. The van der Waals surface area contributed by atoms with Gasteiger partial charge in [0.2, 0.25) is 0 Å². The van der Waals surface area contributed by atoms with E-state index in [-0.39, 0.29) is 0 Å². The van der Waals surface area contributed by atoms with Crippen LogP contribution in [-0.4, -0.2) is 37.4 Å². The van der Waals surface area contributed by atoms with Crippen molar-refractivity contribution in [2.24, 2.45) is 0 Å². The van der Waals surface area contributed by atoms with Gasteiger partial charge < -0.3 is 15.5 Å². The molecule has 0 aliphatic carbocycles. The number of quaternary nitrogens is 1. The molecule has 5 N–H and O–H groups in total. The third-order valence-electron chi connectivity index (χ3n) is 2.51. The van der Waals surface area contributed by atoms with Crippen molar-refractivity contribution in [1.29, 1.82) is 0 Å². The molecule has 5 nitrogen and oxygen atoms in total. The normalized spacial score (nSPS) is 10.1. The van der Waals surface area contributed by atoms with Crippen LogP contribution < -0.4 is 26.4 Å². The number of hydrazine groups is 1. The molecule has 1 aromatic carbocycles. The van der Waals surface area contributed by atoms with Crippen LogP contribution in [0, 0.1) is 0 Å². The maximum Gasteiger partial charge on any atom is 0.189 e. The van der Waals surface area contributed by atoms with Crippen molar-refractivity contribution in [3.05, 3.63) is 29.3 Å². The molecule has 1 rings (SSSR count). The van der Waals surface area contributed by atoms with E-state index in [0.717, 1.165) is 25.2 Å². The van der Waals surface area contributed by atoms with Gasteiger partial charge in [-0.3, -0.25) is 10.9 Å². The second kappa shape index (κ2) is 9.73. The number of halogens is 1. The lowest BCUT2D eigenvalue weighted by molar-refractivity contribution is -0.858. The first-order valence-corrected chi connectivity index (χ1v) is 7.82. The predicted molar refractivity (Wildman–Crippen MR) is 96.8 cm³/mol. The van der Waals surface area contributed by atoms with Gasteiger partial charge in [0.25, 0.3) is 0 Å². The number of thiocarbonyl (C=S) groups is 2. The summed E-state index contributed by atoms with van der Waals surface area (Å²) in [5, 5.41) is 7.68. The molecular weight excluding hydrogens is 326 g/mol. The van der Waals surface area contributed by atoms with Gasteiger partial charge in [-0.25, -0.2) is 0 Å². The number of nitrogens with one attached hydrogen (secondary N) is 5. The Labute approximate surface area is 141 Å². The largest absolute Gasteiger partial charge is 0.361 e. The minimum absolute atomic E-state index is 0.416. The van der Waals surface area contributed by atoms with Crippen LogP contribution in [0.15, 0.2) is 24.3 Å². The van der Waals surface area contributed by atoms with E-state index in [1.54, 1.807) is 12.1 Å².